The van der Waals surface area contributed by atoms with Crippen molar-refractivity contribution in [3.63, 3.8) is 0 Å². The number of nitrogens with one attached hydrogen (secondary N) is 1. The number of hydrogen-bond acceptors (Lipinski definition) is 4. The summed E-state index contributed by atoms with van der Waals surface area (Å²) in [5, 5.41) is 8.32. The zero-order valence-corrected chi connectivity index (χ0v) is 16.0. The van der Waals surface area contributed by atoms with Crippen LogP contribution in [-0.2, 0) is 11.8 Å². The highest BCUT2D eigenvalue weighted by Crippen LogP contribution is 2.51. The number of nitrogens with two attached hydrogens (primary N) is 1. The number of rotatable bonds is 2. The van der Waals surface area contributed by atoms with Crippen LogP contribution in [-0.4, -0.2) is 26.7 Å². The first-order valence-electron chi connectivity index (χ1n) is 9.14. The summed E-state index contributed by atoms with van der Waals surface area (Å²) in [5.74, 6) is 1.19. The number of aromatic nitrogens is 3. The molecule has 0 amide bonds. The van der Waals surface area contributed by atoms with Gasteiger partial charge in [0.15, 0.2) is 5.65 Å². The van der Waals surface area contributed by atoms with Crippen molar-refractivity contribution in [3.05, 3.63) is 23.5 Å². The molecule has 0 aliphatic heterocycles. The molecule has 25 heavy (non-hydrogen) atoms. The fourth-order valence-electron chi connectivity index (χ4n) is 5.16. The maximum absolute atomic E-state index is 6.10. The summed E-state index contributed by atoms with van der Waals surface area (Å²) < 4.78 is 2.01. The monoisotopic (exact) mass is 383 g/mol. The summed E-state index contributed by atoms with van der Waals surface area (Å²) in [7, 11) is 0. The number of halogens is 2. The molecule has 2 heterocycles. The first-order valence-corrected chi connectivity index (χ1v) is 9.14. The molecule has 0 aromatic carbocycles. The van der Waals surface area contributed by atoms with E-state index in [4.69, 9.17) is 10.7 Å². The summed E-state index contributed by atoms with van der Waals surface area (Å²) in [6, 6.07) is 2.85. The smallest absolute Gasteiger partial charge is 0.157 e. The fraction of sp³-hybridized carbons (Fsp3) is 0.667. The van der Waals surface area contributed by atoms with Crippen LogP contribution in [0.1, 0.15) is 62.6 Å². The molecule has 138 valence electrons. The molecule has 0 saturated heterocycles. The third-order valence-electron chi connectivity index (χ3n) is 6.36. The molecule has 1 spiro atoms. The van der Waals surface area contributed by atoms with Gasteiger partial charge in [0.25, 0.3) is 0 Å². The van der Waals surface area contributed by atoms with Crippen LogP contribution in [0.3, 0.4) is 0 Å². The van der Waals surface area contributed by atoms with E-state index >= 15 is 0 Å². The van der Waals surface area contributed by atoms with Crippen molar-refractivity contribution in [3.8, 4) is 0 Å². The molecule has 3 N–H and O–H groups in total. The van der Waals surface area contributed by atoms with Gasteiger partial charge in [0.2, 0.25) is 0 Å². The second-order valence-electron chi connectivity index (χ2n) is 7.79. The number of hydrogen-bond donors (Lipinski definition) is 2. The van der Waals surface area contributed by atoms with Gasteiger partial charge in [-0.15, -0.1) is 24.8 Å². The Labute approximate surface area is 161 Å². The van der Waals surface area contributed by atoms with E-state index < -0.39 is 0 Å². The van der Waals surface area contributed by atoms with Crippen LogP contribution in [0.4, 0.5) is 5.82 Å². The lowest BCUT2D eigenvalue weighted by Gasteiger charge is -2.24. The van der Waals surface area contributed by atoms with Gasteiger partial charge in [-0.1, -0.05) is 12.8 Å². The molecule has 7 heteroatoms. The van der Waals surface area contributed by atoms with Crippen LogP contribution in [0.25, 0.3) is 5.65 Å². The predicted molar refractivity (Wildman–Crippen MR) is 105 cm³/mol. The van der Waals surface area contributed by atoms with Gasteiger partial charge < -0.3 is 11.1 Å². The molecular formula is C18H27Cl2N5. The van der Waals surface area contributed by atoms with Gasteiger partial charge in [0.1, 0.15) is 5.82 Å². The van der Waals surface area contributed by atoms with E-state index in [1.165, 1.54) is 49.2 Å². The van der Waals surface area contributed by atoms with Crippen molar-refractivity contribution in [2.24, 2.45) is 5.73 Å². The lowest BCUT2D eigenvalue weighted by atomic mass is 9.83. The van der Waals surface area contributed by atoms with Gasteiger partial charge in [0, 0.05) is 29.1 Å². The summed E-state index contributed by atoms with van der Waals surface area (Å²) in [5.41, 5.74) is 10.2. The molecule has 5 nitrogen and oxygen atoms in total. The third-order valence-corrected chi connectivity index (χ3v) is 6.36. The van der Waals surface area contributed by atoms with Gasteiger partial charge >= 0.3 is 0 Å². The second kappa shape index (κ2) is 6.93. The van der Waals surface area contributed by atoms with E-state index in [1.54, 1.807) is 0 Å². The fourth-order valence-corrected chi connectivity index (χ4v) is 5.16. The highest BCUT2D eigenvalue weighted by molar-refractivity contribution is 5.85. The van der Waals surface area contributed by atoms with Gasteiger partial charge in [-0.2, -0.15) is 9.61 Å². The molecule has 5 rings (SSSR count). The largest absolute Gasteiger partial charge is 0.367 e. The van der Waals surface area contributed by atoms with E-state index in [0.29, 0.717) is 17.5 Å². The lowest BCUT2D eigenvalue weighted by Crippen LogP contribution is -2.24. The Kier molecular flexibility index (Phi) is 5.20. The van der Waals surface area contributed by atoms with E-state index in [-0.39, 0.29) is 24.8 Å². The molecule has 2 saturated carbocycles. The summed E-state index contributed by atoms with van der Waals surface area (Å²) in [6.45, 7) is 0. The zero-order valence-electron chi connectivity index (χ0n) is 14.4. The molecule has 0 radical (unpaired) electrons. The van der Waals surface area contributed by atoms with Gasteiger partial charge in [-0.3, -0.25) is 0 Å². The molecule has 2 atom stereocenters. The highest BCUT2D eigenvalue weighted by Gasteiger charge is 2.44. The number of nitrogens with zero attached hydrogens (tertiary/aromatic N) is 3. The Balaban J connectivity index is 0.000000911. The Morgan fingerprint density at radius 1 is 1.16 bits per heavy atom. The average Bonchev–Trinajstić information content (AvgIpc) is 3.30. The topological polar surface area (TPSA) is 68.2 Å². The molecular weight excluding hydrogens is 357 g/mol. The van der Waals surface area contributed by atoms with Crippen molar-refractivity contribution < 1.29 is 0 Å². The van der Waals surface area contributed by atoms with Crippen LogP contribution in [0, 0.1) is 0 Å². The van der Waals surface area contributed by atoms with Crippen molar-refractivity contribution >= 4 is 36.3 Å². The molecule has 2 aromatic rings. The van der Waals surface area contributed by atoms with Gasteiger partial charge in [0.05, 0.1) is 11.9 Å². The van der Waals surface area contributed by atoms with Crippen LogP contribution >= 0.6 is 24.8 Å². The zero-order chi connectivity index (χ0) is 15.4. The Morgan fingerprint density at radius 3 is 2.68 bits per heavy atom. The molecule has 3 aliphatic rings. The minimum absolute atomic E-state index is 0. The number of anilines is 1. The normalized spacial score (nSPS) is 26.4. The Hall–Kier alpha value is -1.04. The van der Waals surface area contributed by atoms with Crippen LogP contribution < -0.4 is 11.1 Å². The third kappa shape index (κ3) is 2.90. The Bertz CT molecular complexity index is 753. The van der Waals surface area contributed by atoms with Crippen molar-refractivity contribution in [2.45, 2.75) is 75.3 Å². The minimum Gasteiger partial charge on any atom is -0.367 e. The van der Waals surface area contributed by atoms with E-state index in [1.807, 2.05) is 16.8 Å². The summed E-state index contributed by atoms with van der Waals surface area (Å²) in [6.07, 6.45) is 12.9. The quantitative estimate of drug-likeness (QED) is 0.830. The predicted octanol–water partition coefficient (Wildman–Crippen LogP) is 3.62. The maximum Gasteiger partial charge on any atom is 0.157 e. The molecule has 2 fully saturated rings. The van der Waals surface area contributed by atoms with Crippen LogP contribution in [0.2, 0.25) is 0 Å². The summed E-state index contributed by atoms with van der Waals surface area (Å²) >= 11 is 0. The van der Waals surface area contributed by atoms with E-state index in [2.05, 4.69) is 10.4 Å². The second-order valence-corrected chi connectivity index (χ2v) is 7.79. The maximum atomic E-state index is 6.10. The molecule has 0 unspecified atom stereocenters. The lowest BCUT2D eigenvalue weighted by molar-refractivity contribution is 0.429. The van der Waals surface area contributed by atoms with Crippen molar-refractivity contribution in [1.82, 2.24) is 14.6 Å². The van der Waals surface area contributed by atoms with Crippen molar-refractivity contribution in [1.29, 1.82) is 0 Å². The average molecular weight is 384 g/mol. The SMILES string of the molecule is Cl.Cl.N[C@H]1CC[C@@H](Nc2c3c(nc4ccnn24)C2(CCCC2)CC3)C1. The number of fused-ring (bicyclic) bond motifs is 3. The molecule has 3 aliphatic carbocycles. The minimum atomic E-state index is 0. The standard InChI is InChI=1S/C18H25N5.2ClH/c19-12-3-4-13(11-12)21-17-14-5-9-18(7-1-2-8-18)16(14)22-15-6-10-20-23(15)17;;/h6,10,12-13,21H,1-5,7-9,11,19H2;2*1H/t12-,13+;;/m0../s1. The van der Waals surface area contributed by atoms with E-state index in [9.17, 15) is 0 Å². The highest BCUT2D eigenvalue weighted by atomic mass is 35.5. The first kappa shape index (κ1) is 18.7. The van der Waals surface area contributed by atoms with Gasteiger partial charge in [-0.25, -0.2) is 4.98 Å². The molecule has 0 bridgehead atoms. The van der Waals surface area contributed by atoms with Crippen LogP contribution in [0.5, 0.6) is 0 Å². The Morgan fingerprint density at radius 2 is 1.96 bits per heavy atom. The van der Waals surface area contributed by atoms with Crippen molar-refractivity contribution in [2.75, 3.05) is 5.32 Å². The molecule has 2 aromatic heterocycles. The van der Waals surface area contributed by atoms with Gasteiger partial charge in [-0.05, 0) is 44.9 Å². The first-order chi connectivity index (χ1) is 11.3. The van der Waals surface area contributed by atoms with Crippen LogP contribution in [0.15, 0.2) is 12.3 Å². The van der Waals surface area contributed by atoms with E-state index in [0.717, 1.165) is 31.3 Å². The summed E-state index contributed by atoms with van der Waals surface area (Å²) in [4.78, 5) is 5.04.